The number of phenols is 1. The molecule has 0 heterocycles. The number of amides is 3. The summed E-state index contributed by atoms with van der Waals surface area (Å²) in [4.78, 5) is 42.4. The van der Waals surface area contributed by atoms with E-state index < -0.39 is 35.6 Å². The average Bonchev–Trinajstić information content (AvgIpc) is 2.85. The molecule has 0 saturated heterocycles. The highest BCUT2D eigenvalue weighted by Gasteiger charge is 2.37. The van der Waals surface area contributed by atoms with E-state index in [0.29, 0.717) is 22.7 Å². The SMILES string of the molecule is CCCCCCN(C(=O)C(NC(=O)OC(C)(C)C)C(C)C)C(C(=O)Nc1c(C)cccc1Cl)c1cccc(O)c1. The molecule has 40 heavy (non-hydrogen) atoms. The van der Waals surface area contributed by atoms with Crippen molar-refractivity contribution >= 4 is 35.2 Å². The number of nitrogens with zero attached hydrogens (tertiary/aromatic N) is 1. The van der Waals surface area contributed by atoms with E-state index >= 15 is 0 Å². The molecule has 9 heteroatoms. The zero-order chi connectivity index (χ0) is 30.0. The number of unbranched alkanes of at least 4 members (excludes halogenated alkanes) is 3. The van der Waals surface area contributed by atoms with Gasteiger partial charge >= 0.3 is 6.09 Å². The van der Waals surface area contributed by atoms with Crippen molar-refractivity contribution in [1.29, 1.82) is 0 Å². The first-order valence-electron chi connectivity index (χ1n) is 13.9. The summed E-state index contributed by atoms with van der Waals surface area (Å²) in [5.74, 6) is -1.23. The topological polar surface area (TPSA) is 108 Å². The highest BCUT2D eigenvalue weighted by molar-refractivity contribution is 6.34. The molecular weight excluding hydrogens is 530 g/mol. The number of aromatic hydroxyl groups is 1. The van der Waals surface area contributed by atoms with E-state index in [4.69, 9.17) is 16.3 Å². The molecule has 0 aliphatic carbocycles. The Bertz CT molecular complexity index is 1140. The van der Waals surface area contributed by atoms with Crippen LogP contribution in [0.15, 0.2) is 42.5 Å². The van der Waals surface area contributed by atoms with Crippen molar-refractivity contribution in [1.82, 2.24) is 10.2 Å². The number of halogens is 1. The maximum absolute atomic E-state index is 14.2. The smallest absolute Gasteiger partial charge is 0.408 e. The molecule has 0 aliphatic heterocycles. The number of alkyl carbamates (subject to hydrolysis) is 1. The van der Waals surface area contributed by atoms with Crippen molar-refractivity contribution in [2.45, 2.75) is 91.8 Å². The monoisotopic (exact) mass is 573 g/mol. The first kappa shape index (κ1) is 32.9. The van der Waals surface area contributed by atoms with Gasteiger partial charge in [0, 0.05) is 6.54 Å². The molecule has 2 rings (SSSR count). The number of hydrogen-bond acceptors (Lipinski definition) is 5. The van der Waals surface area contributed by atoms with E-state index in [1.807, 2.05) is 26.8 Å². The summed E-state index contributed by atoms with van der Waals surface area (Å²) in [6.45, 7) is 13.1. The standard InChI is InChI=1S/C31H44ClN3O5/c1-8-9-10-11-18-35(29(38)25(20(2)3)34-30(39)40-31(5,6)7)27(22-15-13-16-23(36)19-22)28(37)33-26-21(4)14-12-17-24(26)32/h12-17,19-20,25,27,36H,8-11,18H2,1-7H3,(H,33,37)(H,34,39). The minimum Gasteiger partial charge on any atom is -0.508 e. The van der Waals surface area contributed by atoms with Crippen molar-refractivity contribution in [3.05, 3.63) is 58.6 Å². The van der Waals surface area contributed by atoms with Gasteiger partial charge in [0.15, 0.2) is 0 Å². The largest absolute Gasteiger partial charge is 0.508 e. The zero-order valence-corrected chi connectivity index (χ0v) is 25.5. The van der Waals surface area contributed by atoms with Crippen LogP contribution in [0.4, 0.5) is 10.5 Å². The normalized spacial score (nSPS) is 12.9. The van der Waals surface area contributed by atoms with Gasteiger partial charge in [-0.3, -0.25) is 9.59 Å². The average molecular weight is 574 g/mol. The minimum absolute atomic E-state index is 0.0325. The first-order chi connectivity index (χ1) is 18.7. The number of carbonyl (C=O) groups excluding carboxylic acids is 3. The minimum atomic E-state index is -1.10. The van der Waals surface area contributed by atoms with Gasteiger partial charge in [-0.2, -0.15) is 0 Å². The van der Waals surface area contributed by atoms with Crippen LogP contribution < -0.4 is 10.6 Å². The quantitative estimate of drug-likeness (QED) is 0.237. The van der Waals surface area contributed by atoms with Gasteiger partial charge < -0.3 is 25.4 Å². The molecule has 2 aromatic carbocycles. The lowest BCUT2D eigenvalue weighted by atomic mass is 9.98. The Morgan fingerprint density at radius 1 is 1.05 bits per heavy atom. The third-order valence-electron chi connectivity index (χ3n) is 6.36. The summed E-state index contributed by atoms with van der Waals surface area (Å²) in [5.41, 5.74) is 0.907. The predicted molar refractivity (Wildman–Crippen MR) is 160 cm³/mol. The molecule has 220 valence electrons. The van der Waals surface area contributed by atoms with Gasteiger partial charge in [0.05, 0.1) is 10.7 Å². The summed E-state index contributed by atoms with van der Waals surface area (Å²) in [5, 5.41) is 16.3. The van der Waals surface area contributed by atoms with Gasteiger partial charge in [0.25, 0.3) is 5.91 Å². The summed E-state index contributed by atoms with van der Waals surface area (Å²) in [7, 11) is 0. The first-order valence-corrected chi connectivity index (χ1v) is 14.3. The summed E-state index contributed by atoms with van der Waals surface area (Å²) in [6.07, 6.45) is 2.79. The Morgan fingerprint density at radius 3 is 2.30 bits per heavy atom. The molecule has 0 saturated carbocycles. The van der Waals surface area contributed by atoms with E-state index in [1.54, 1.807) is 45.0 Å². The Labute approximate surface area is 243 Å². The Hall–Kier alpha value is -3.26. The summed E-state index contributed by atoms with van der Waals surface area (Å²) in [6, 6.07) is 9.56. The molecule has 0 radical (unpaired) electrons. The molecular formula is C31H44ClN3O5. The molecule has 3 amide bonds. The van der Waals surface area contributed by atoms with E-state index in [0.717, 1.165) is 24.8 Å². The number of phenolic OH excluding ortho intramolecular Hbond substituents is 1. The molecule has 0 aromatic heterocycles. The van der Waals surface area contributed by atoms with Crippen LogP contribution in [0.1, 0.15) is 84.4 Å². The number of anilines is 1. The molecule has 0 spiro atoms. The second kappa shape index (κ2) is 14.9. The lowest BCUT2D eigenvalue weighted by Gasteiger charge is -2.36. The van der Waals surface area contributed by atoms with Crippen LogP contribution in [-0.4, -0.2) is 46.1 Å². The van der Waals surface area contributed by atoms with Crippen LogP contribution in [0.25, 0.3) is 0 Å². The number of carbonyl (C=O) groups is 3. The lowest BCUT2D eigenvalue weighted by Crippen LogP contribution is -2.54. The van der Waals surface area contributed by atoms with Gasteiger partial charge in [-0.15, -0.1) is 0 Å². The summed E-state index contributed by atoms with van der Waals surface area (Å²) >= 11 is 6.42. The number of para-hydroxylation sites is 1. The van der Waals surface area contributed by atoms with Gasteiger partial charge in [-0.05, 0) is 69.4 Å². The molecule has 0 bridgehead atoms. The van der Waals surface area contributed by atoms with Crippen molar-refractivity contribution in [3.8, 4) is 5.75 Å². The predicted octanol–water partition coefficient (Wildman–Crippen LogP) is 6.99. The van der Waals surface area contributed by atoms with Gasteiger partial charge in [-0.25, -0.2) is 4.79 Å². The lowest BCUT2D eigenvalue weighted by molar-refractivity contribution is -0.141. The van der Waals surface area contributed by atoms with Crippen molar-refractivity contribution in [2.75, 3.05) is 11.9 Å². The highest BCUT2D eigenvalue weighted by atomic mass is 35.5. The maximum Gasteiger partial charge on any atom is 0.408 e. The van der Waals surface area contributed by atoms with Gasteiger partial charge in [-0.1, -0.05) is 75.9 Å². The fourth-order valence-corrected chi connectivity index (χ4v) is 4.62. The molecule has 0 fully saturated rings. The van der Waals surface area contributed by atoms with Crippen LogP contribution in [0.5, 0.6) is 5.75 Å². The number of benzene rings is 2. The van der Waals surface area contributed by atoms with Gasteiger partial charge in [0.2, 0.25) is 5.91 Å². The maximum atomic E-state index is 14.2. The van der Waals surface area contributed by atoms with Crippen LogP contribution in [-0.2, 0) is 14.3 Å². The third kappa shape index (κ3) is 9.73. The highest BCUT2D eigenvalue weighted by Crippen LogP contribution is 2.31. The molecule has 0 aliphatic rings. The summed E-state index contributed by atoms with van der Waals surface area (Å²) < 4.78 is 5.43. The number of aryl methyl sites for hydroxylation is 1. The Balaban J connectivity index is 2.57. The fraction of sp³-hybridized carbons (Fsp3) is 0.516. The molecule has 2 unspecified atom stereocenters. The number of nitrogens with one attached hydrogen (secondary N) is 2. The zero-order valence-electron chi connectivity index (χ0n) is 24.7. The van der Waals surface area contributed by atoms with Crippen LogP contribution in [0.2, 0.25) is 5.02 Å². The van der Waals surface area contributed by atoms with Crippen LogP contribution in [0, 0.1) is 12.8 Å². The number of hydrogen-bond donors (Lipinski definition) is 3. The van der Waals surface area contributed by atoms with Crippen LogP contribution >= 0.6 is 11.6 Å². The Morgan fingerprint density at radius 2 is 1.73 bits per heavy atom. The van der Waals surface area contributed by atoms with Crippen LogP contribution in [0.3, 0.4) is 0 Å². The van der Waals surface area contributed by atoms with E-state index in [-0.39, 0.29) is 18.2 Å². The second-order valence-electron chi connectivity index (χ2n) is 11.4. The third-order valence-corrected chi connectivity index (χ3v) is 6.67. The Kier molecular flexibility index (Phi) is 12.3. The van der Waals surface area contributed by atoms with Crippen molar-refractivity contribution < 1.29 is 24.2 Å². The number of ether oxygens (including phenoxy) is 1. The van der Waals surface area contributed by atoms with Crippen molar-refractivity contribution in [3.63, 3.8) is 0 Å². The molecule has 3 N–H and O–H groups in total. The van der Waals surface area contributed by atoms with E-state index in [9.17, 15) is 19.5 Å². The second-order valence-corrected chi connectivity index (χ2v) is 11.8. The molecule has 8 nitrogen and oxygen atoms in total. The number of rotatable bonds is 12. The fourth-order valence-electron chi connectivity index (χ4n) is 4.35. The van der Waals surface area contributed by atoms with Gasteiger partial charge in [0.1, 0.15) is 23.4 Å². The molecule has 2 aromatic rings. The van der Waals surface area contributed by atoms with E-state index in [1.165, 1.54) is 17.0 Å². The van der Waals surface area contributed by atoms with E-state index in [2.05, 4.69) is 17.6 Å². The van der Waals surface area contributed by atoms with Crippen molar-refractivity contribution in [2.24, 2.45) is 5.92 Å². The molecule has 2 atom stereocenters.